The maximum Gasteiger partial charge on any atom is 0.276 e. The fraction of sp³-hybridized carbons (Fsp3) is 0.176. The smallest absolute Gasteiger partial charge is 0.276 e. The Morgan fingerprint density at radius 2 is 1.96 bits per heavy atom. The first-order chi connectivity index (χ1) is 11.5. The number of hydrogen-bond acceptors (Lipinski definition) is 5. The topological polar surface area (TPSA) is 96.5 Å². The van der Waals surface area contributed by atoms with Crippen molar-refractivity contribution in [2.45, 2.75) is 6.92 Å². The maximum atomic E-state index is 12.4. The monoisotopic (exact) mass is 325 g/mol. The summed E-state index contributed by atoms with van der Waals surface area (Å²) >= 11 is 0. The van der Waals surface area contributed by atoms with E-state index in [0.717, 1.165) is 0 Å². The summed E-state index contributed by atoms with van der Waals surface area (Å²) < 4.78 is 5.43. The molecule has 0 aromatic heterocycles. The standard InChI is InChI=1S/C17H15N3O4/c1-13-15(20(22)23)8-5-9-16(13)24-12-17(21)19(11-10-18)14-6-3-2-4-7-14/h2-9H,11-12H2,1H3. The zero-order valence-corrected chi connectivity index (χ0v) is 13.0. The van der Waals surface area contributed by atoms with Crippen LogP contribution in [0.15, 0.2) is 48.5 Å². The van der Waals surface area contributed by atoms with Crippen molar-refractivity contribution in [3.63, 3.8) is 0 Å². The Hall–Kier alpha value is -3.40. The van der Waals surface area contributed by atoms with E-state index in [4.69, 9.17) is 10.00 Å². The Morgan fingerprint density at radius 1 is 1.25 bits per heavy atom. The van der Waals surface area contributed by atoms with Gasteiger partial charge in [0.25, 0.3) is 11.6 Å². The van der Waals surface area contributed by atoms with E-state index in [1.54, 1.807) is 37.3 Å². The number of nitrogens with zero attached hydrogens (tertiary/aromatic N) is 3. The first-order valence-electron chi connectivity index (χ1n) is 7.13. The normalized spacial score (nSPS) is 9.83. The molecule has 0 aliphatic rings. The van der Waals surface area contributed by atoms with Crippen LogP contribution in [-0.2, 0) is 4.79 Å². The number of carbonyl (C=O) groups excluding carboxylic acids is 1. The van der Waals surface area contributed by atoms with Crippen molar-refractivity contribution < 1.29 is 14.5 Å². The highest BCUT2D eigenvalue weighted by atomic mass is 16.6. The summed E-state index contributed by atoms with van der Waals surface area (Å²) in [5.74, 6) is -0.142. The van der Waals surface area contributed by atoms with Gasteiger partial charge in [-0.1, -0.05) is 24.3 Å². The molecule has 0 fully saturated rings. The SMILES string of the molecule is Cc1c(OCC(=O)N(CC#N)c2ccccc2)cccc1[N+](=O)[O-]. The molecule has 1 amide bonds. The summed E-state index contributed by atoms with van der Waals surface area (Å²) in [6.45, 7) is 1.13. The first kappa shape index (κ1) is 17.0. The third kappa shape index (κ3) is 3.87. The van der Waals surface area contributed by atoms with Crippen molar-refractivity contribution in [1.82, 2.24) is 0 Å². The second kappa shape index (κ2) is 7.74. The molecule has 7 heteroatoms. The van der Waals surface area contributed by atoms with Gasteiger partial charge in [0.2, 0.25) is 0 Å². The Labute approximate surface area is 138 Å². The molecule has 2 rings (SSSR count). The van der Waals surface area contributed by atoms with Gasteiger partial charge in [-0.05, 0) is 25.1 Å². The molecule has 0 bridgehead atoms. The van der Waals surface area contributed by atoms with Gasteiger partial charge in [-0.15, -0.1) is 0 Å². The minimum absolute atomic E-state index is 0.0723. The van der Waals surface area contributed by atoms with E-state index < -0.39 is 10.8 Å². The van der Waals surface area contributed by atoms with Crippen molar-refractivity contribution in [3.05, 3.63) is 64.2 Å². The molecule has 0 spiro atoms. The minimum atomic E-state index is -0.504. The number of ether oxygens (including phenoxy) is 1. The number of nitriles is 1. The van der Waals surface area contributed by atoms with E-state index >= 15 is 0 Å². The third-order valence-corrected chi connectivity index (χ3v) is 3.40. The molecule has 0 radical (unpaired) electrons. The first-order valence-corrected chi connectivity index (χ1v) is 7.13. The molecular formula is C17H15N3O4. The number of nitro groups is 1. The Kier molecular flexibility index (Phi) is 5.47. The molecule has 0 N–H and O–H groups in total. The molecule has 2 aromatic carbocycles. The minimum Gasteiger partial charge on any atom is -0.483 e. The molecule has 0 aliphatic carbocycles. The molecule has 0 atom stereocenters. The number of rotatable bonds is 6. The van der Waals surface area contributed by atoms with Gasteiger partial charge in [0.15, 0.2) is 6.61 Å². The van der Waals surface area contributed by atoms with Gasteiger partial charge in [-0.25, -0.2) is 0 Å². The van der Waals surface area contributed by atoms with Crippen LogP contribution in [0.5, 0.6) is 5.75 Å². The average Bonchev–Trinajstić information content (AvgIpc) is 2.59. The summed E-state index contributed by atoms with van der Waals surface area (Å²) in [6.07, 6.45) is 0. The molecule has 0 heterocycles. The van der Waals surface area contributed by atoms with Crippen molar-refractivity contribution in [3.8, 4) is 11.8 Å². The summed E-state index contributed by atoms with van der Waals surface area (Å²) in [7, 11) is 0. The van der Waals surface area contributed by atoms with Gasteiger partial charge >= 0.3 is 0 Å². The van der Waals surface area contributed by atoms with E-state index in [0.29, 0.717) is 11.3 Å². The summed E-state index contributed by atoms with van der Waals surface area (Å²) in [5.41, 5.74) is 0.863. The van der Waals surface area contributed by atoms with Gasteiger partial charge in [0.05, 0.1) is 16.6 Å². The summed E-state index contributed by atoms with van der Waals surface area (Å²) in [6, 6.07) is 15.1. The van der Waals surface area contributed by atoms with Crippen molar-refractivity contribution in [2.24, 2.45) is 0 Å². The van der Waals surface area contributed by atoms with Crippen molar-refractivity contribution in [1.29, 1.82) is 5.26 Å². The maximum absolute atomic E-state index is 12.4. The van der Waals surface area contributed by atoms with Gasteiger partial charge in [0, 0.05) is 11.8 Å². The van der Waals surface area contributed by atoms with E-state index in [9.17, 15) is 14.9 Å². The number of amides is 1. The fourth-order valence-corrected chi connectivity index (χ4v) is 2.18. The zero-order chi connectivity index (χ0) is 17.5. The van der Waals surface area contributed by atoms with E-state index in [2.05, 4.69) is 0 Å². The second-order valence-electron chi connectivity index (χ2n) is 4.92. The Morgan fingerprint density at radius 3 is 2.58 bits per heavy atom. The lowest BCUT2D eigenvalue weighted by atomic mass is 10.2. The quantitative estimate of drug-likeness (QED) is 0.462. The van der Waals surface area contributed by atoms with Crippen LogP contribution in [0.1, 0.15) is 5.56 Å². The summed E-state index contributed by atoms with van der Waals surface area (Å²) in [5, 5.41) is 19.8. The van der Waals surface area contributed by atoms with Gasteiger partial charge < -0.3 is 4.74 Å². The van der Waals surface area contributed by atoms with Crippen LogP contribution in [0.25, 0.3) is 0 Å². The molecule has 2 aromatic rings. The van der Waals surface area contributed by atoms with Gasteiger partial charge in [0.1, 0.15) is 12.3 Å². The molecule has 0 saturated heterocycles. The summed E-state index contributed by atoms with van der Waals surface area (Å²) in [4.78, 5) is 24.1. The molecule has 24 heavy (non-hydrogen) atoms. The van der Waals surface area contributed by atoms with Crippen LogP contribution in [-0.4, -0.2) is 24.0 Å². The second-order valence-corrected chi connectivity index (χ2v) is 4.92. The molecule has 0 aliphatic heterocycles. The van der Waals surface area contributed by atoms with Crippen LogP contribution >= 0.6 is 0 Å². The fourth-order valence-electron chi connectivity index (χ4n) is 2.18. The molecule has 122 valence electrons. The number of anilines is 1. The number of carbonyl (C=O) groups is 1. The highest BCUT2D eigenvalue weighted by Crippen LogP contribution is 2.27. The van der Waals surface area contributed by atoms with Crippen LogP contribution < -0.4 is 9.64 Å². The lowest BCUT2D eigenvalue weighted by molar-refractivity contribution is -0.385. The zero-order valence-electron chi connectivity index (χ0n) is 13.0. The lowest BCUT2D eigenvalue weighted by Gasteiger charge is -2.20. The molecule has 0 unspecified atom stereocenters. The third-order valence-electron chi connectivity index (χ3n) is 3.40. The van der Waals surface area contributed by atoms with Crippen molar-refractivity contribution >= 4 is 17.3 Å². The van der Waals surface area contributed by atoms with E-state index in [-0.39, 0.29) is 24.6 Å². The highest BCUT2D eigenvalue weighted by molar-refractivity contribution is 5.94. The van der Waals surface area contributed by atoms with Crippen LogP contribution in [0.4, 0.5) is 11.4 Å². The molecular weight excluding hydrogens is 310 g/mol. The molecule has 7 nitrogen and oxygen atoms in total. The van der Waals surface area contributed by atoms with Crippen LogP contribution in [0, 0.1) is 28.4 Å². The molecule has 0 saturated carbocycles. The van der Waals surface area contributed by atoms with Crippen molar-refractivity contribution in [2.75, 3.05) is 18.1 Å². The number of hydrogen-bond donors (Lipinski definition) is 0. The number of para-hydroxylation sites is 1. The van der Waals surface area contributed by atoms with E-state index in [1.807, 2.05) is 12.1 Å². The van der Waals surface area contributed by atoms with Crippen LogP contribution in [0.3, 0.4) is 0 Å². The Balaban J connectivity index is 2.13. The Bertz CT molecular complexity index is 784. The van der Waals surface area contributed by atoms with Crippen LogP contribution in [0.2, 0.25) is 0 Å². The predicted molar refractivity (Wildman–Crippen MR) is 87.7 cm³/mol. The highest BCUT2D eigenvalue weighted by Gasteiger charge is 2.18. The lowest BCUT2D eigenvalue weighted by Crippen LogP contribution is -2.35. The average molecular weight is 325 g/mol. The number of benzene rings is 2. The number of nitro benzene ring substituents is 1. The van der Waals surface area contributed by atoms with Gasteiger partial charge in [-0.3, -0.25) is 19.8 Å². The predicted octanol–water partition coefficient (Wildman–Crippen LogP) is 2.84. The van der Waals surface area contributed by atoms with E-state index in [1.165, 1.54) is 17.0 Å². The van der Waals surface area contributed by atoms with Gasteiger partial charge in [-0.2, -0.15) is 5.26 Å². The largest absolute Gasteiger partial charge is 0.483 e.